The molecule has 0 saturated heterocycles. The van der Waals surface area contributed by atoms with Crippen molar-refractivity contribution in [2.75, 3.05) is 6.54 Å². The van der Waals surface area contributed by atoms with Crippen LogP contribution in [0.2, 0.25) is 0 Å². The average Bonchev–Trinajstić information content (AvgIpc) is 2.48. The van der Waals surface area contributed by atoms with Gasteiger partial charge in [-0.15, -0.1) is 0 Å². The zero-order chi connectivity index (χ0) is 15.1. The van der Waals surface area contributed by atoms with Gasteiger partial charge in [-0.3, -0.25) is 0 Å². The summed E-state index contributed by atoms with van der Waals surface area (Å²) >= 11 is 0. The molecule has 0 radical (unpaired) electrons. The molecule has 1 nitrogen and oxygen atoms in total. The molecule has 1 N–H and O–H groups in total. The van der Waals surface area contributed by atoms with Crippen LogP contribution in [0.4, 0.5) is 0 Å². The van der Waals surface area contributed by atoms with Gasteiger partial charge in [0.2, 0.25) is 0 Å². The minimum atomic E-state index is 0.472. The standard InChI is InChI=1S/C20H27N/c1-4-21-19(20-16(2)10-8-11-17(20)3)15-9-14-18-12-6-5-7-13-18/h5-8,10-13,19,21H,4,9,14-15H2,1-3H3. The van der Waals surface area contributed by atoms with Gasteiger partial charge < -0.3 is 5.32 Å². The van der Waals surface area contributed by atoms with Gasteiger partial charge in [0, 0.05) is 6.04 Å². The fraction of sp³-hybridized carbons (Fsp3) is 0.400. The SMILES string of the molecule is CCNC(CCCc1ccccc1)c1c(C)cccc1C. The van der Waals surface area contributed by atoms with Crippen LogP contribution >= 0.6 is 0 Å². The van der Waals surface area contributed by atoms with Crippen molar-refractivity contribution in [1.29, 1.82) is 0 Å². The summed E-state index contributed by atoms with van der Waals surface area (Å²) in [5.41, 5.74) is 5.74. The lowest BCUT2D eigenvalue weighted by Gasteiger charge is -2.22. The van der Waals surface area contributed by atoms with Crippen LogP contribution in [0.5, 0.6) is 0 Å². The highest BCUT2D eigenvalue weighted by Gasteiger charge is 2.14. The Morgan fingerprint density at radius 1 is 0.905 bits per heavy atom. The maximum Gasteiger partial charge on any atom is 0.0325 e. The zero-order valence-corrected chi connectivity index (χ0v) is 13.5. The summed E-state index contributed by atoms with van der Waals surface area (Å²) in [6.07, 6.45) is 3.57. The van der Waals surface area contributed by atoms with E-state index < -0.39 is 0 Å². The number of rotatable bonds is 7. The maximum atomic E-state index is 3.67. The first kappa shape index (κ1) is 15.8. The minimum Gasteiger partial charge on any atom is -0.310 e. The van der Waals surface area contributed by atoms with E-state index in [1.165, 1.54) is 35.1 Å². The molecule has 0 aromatic heterocycles. The second-order valence-corrected chi connectivity index (χ2v) is 5.79. The monoisotopic (exact) mass is 281 g/mol. The molecule has 1 unspecified atom stereocenters. The Hall–Kier alpha value is -1.60. The summed E-state index contributed by atoms with van der Waals surface area (Å²) in [5.74, 6) is 0. The molecule has 1 heteroatoms. The normalized spacial score (nSPS) is 12.3. The highest BCUT2D eigenvalue weighted by Crippen LogP contribution is 2.26. The van der Waals surface area contributed by atoms with E-state index in [0.717, 1.165) is 13.0 Å². The molecule has 2 aromatic carbocycles. The molecule has 112 valence electrons. The quantitative estimate of drug-likeness (QED) is 0.755. The number of aryl methyl sites for hydroxylation is 3. The van der Waals surface area contributed by atoms with Crippen molar-refractivity contribution in [3.63, 3.8) is 0 Å². The smallest absolute Gasteiger partial charge is 0.0325 e. The molecule has 0 aliphatic heterocycles. The molecule has 0 saturated carbocycles. The van der Waals surface area contributed by atoms with Crippen LogP contribution in [0.25, 0.3) is 0 Å². The Bertz CT molecular complexity index is 525. The molecule has 0 bridgehead atoms. The van der Waals surface area contributed by atoms with Crippen LogP contribution in [0.15, 0.2) is 48.5 Å². The van der Waals surface area contributed by atoms with E-state index >= 15 is 0 Å². The third-order valence-electron chi connectivity index (χ3n) is 4.14. The number of nitrogens with one attached hydrogen (secondary N) is 1. The van der Waals surface area contributed by atoms with E-state index in [9.17, 15) is 0 Å². The van der Waals surface area contributed by atoms with Crippen molar-refractivity contribution in [2.45, 2.75) is 46.1 Å². The predicted molar refractivity (Wildman–Crippen MR) is 91.7 cm³/mol. The van der Waals surface area contributed by atoms with E-state index in [-0.39, 0.29) is 0 Å². The van der Waals surface area contributed by atoms with Crippen LogP contribution < -0.4 is 5.32 Å². The lowest BCUT2D eigenvalue weighted by molar-refractivity contribution is 0.494. The molecule has 2 aromatic rings. The summed E-state index contributed by atoms with van der Waals surface area (Å²) in [6.45, 7) is 7.66. The first-order valence-electron chi connectivity index (χ1n) is 8.05. The van der Waals surface area contributed by atoms with Crippen molar-refractivity contribution in [3.8, 4) is 0 Å². The number of benzene rings is 2. The number of hydrogen-bond donors (Lipinski definition) is 1. The van der Waals surface area contributed by atoms with Crippen molar-refractivity contribution in [3.05, 3.63) is 70.8 Å². The maximum absolute atomic E-state index is 3.67. The molecule has 1 atom stereocenters. The third-order valence-corrected chi connectivity index (χ3v) is 4.14. The van der Waals surface area contributed by atoms with Gasteiger partial charge in [0.25, 0.3) is 0 Å². The van der Waals surface area contributed by atoms with E-state index in [4.69, 9.17) is 0 Å². The zero-order valence-electron chi connectivity index (χ0n) is 13.5. The predicted octanol–water partition coefficient (Wildman–Crippen LogP) is 4.98. The molecular formula is C20H27N. The van der Waals surface area contributed by atoms with Crippen molar-refractivity contribution in [2.24, 2.45) is 0 Å². The largest absolute Gasteiger partial charge is 0.310 e. The van der Waals surface area contributed by atoms with Crippen LogP contribution in [0.1, 0.15) is 48.1 Å². The van der Waals surface area contributed by atoms with Gasteiger partial charge >= 0.3 is 0 Å². The first-order valence-corrected chi connectivity index (χ1v) is 8.05. The molecule has 0 heterocycles. The highest BCUT2D eigenvalue weighted by atomic mass is 14.9. The van der Waals surface area contributed by atoms with Gasteiger partial charge in [-0.25, -0.2) is 0 Å². The van der Waals surface area contributed by atoms with E-state index in [1.807, 2.05) is 0 Å². The molecular weight excluding hydrogens is 254 g/mol. The van der Waals surface area contributed by atoms with Crippen molar-refractivity contribution < 1.29 is 0 Å². The second-order valence-electron chi connectivity index (χ2n) is 5.79. The summed E-state index contributed by atoms with van der Waals surface area (Å²) in [6, 6.07) is 17.9. The van der Waals surface area contributed by atoms with E-state index in [0.29, 0.717) is 6.04 Å². The molecule has 0 fully saturated rings. The molecule has 0 spiro atoms. The Morgan fingerprint density at radius 2 is 1.57 bits per heavy atom. The molecule has 0 amide bonds. The highest BCUT2D eigenvalue weighted by molar-refractivity contribution is 5.36. The summed E-state index contributed by atoms with van der Waals surface area (Å²) in [5, 5.41) is 3.67. The molecule has 0 aliphatic carbocycles. The van der Waals surface area contributed by atoms with Crippen molar-refractivity contribution >= 4 is 0 Å². The van der Waals surface area contributed by atoms with Crippen molar-refractivity contribution in [1.82, 2.24) is 5.32 Å². The summed E-state index contributed by atoms with van der Waals surface area (Å²) in [7, 11) is 0. The summed E-state index contributed by atoms with van der Waals surface area (Å²) in [4.78, 5) is 0. The van der Waals surface area contributed by atoms with Crippen LogP contribution in [0.3, 0.4) is 0 Å². The fourth-order valence-corrected chi connectivity index (χ4v) is 3.13. The number of hydrogen-bond acceptors (Lipinski definition) is 1. The van der Waals surface area contributed by atoms with Crippen LogP contribution in [-0.4, -0.2) is 6.54 Å². The molecule has 0 aliphatic rings. The lowest BCUT2D eigenvalue weighted by Crippen LogP contribution is -2.22. The lowest BCUT2D eigenvalue weighted by atomic mass is 9.92. The second kappa shape index (κ2) is 7.99. The van der Waals surface area contributed by atoms with Crippen LogP contribution in [0, 0.1) is 13.8 Å². The van der Waals surface area contributed by atoms with Gasteiger partial charge in [0.05, 0.1) is 0 Å². The first-order chi connectivity index (χ1) is 10.2. The van der Waals surface area contributed by atoms with Gasteiger partial charge in [-0.1, -0.05) is 55.5 Å². The van der Waals surface area contributed by atoms with Crippen LogP contribution in [-0.2, 0) is 6.42 Å². The fourth-order valence-electron chi connectivity index (χ4n) is 3.13. The van der Waals surface area contributed by atoms with Gasteiger partial charge in [0.15, 0.2) is 0 Å². The van der Waals surface area contributed by atoms with Gasteiger partial charge in [0.1, 0.15) is 0 Å². The Kier molecular flexibility index (Phi) is 6.01. The Labute approximate surface area is 129 Å². The average molecular weight is 281 g/mol. The summed E-state index contributed by atoms with van der Waals surface area (Å²) < 4.78 is 0. The molecule has 2 rings (SSSR count). The van der Waals surface area contributed by atoms with E-state index in [1.54, 1.807) is 0 Å². The topological polar surface area (TPSA) is 12.0 Å². The molecule has 21 heavy (non-hydrogen) atoms. The van der Waals surface area contributed by atoms with Gasteiger partial charge in [-0.05, 0) is 61.9 Å². The Balaban J connectivity index is 2.02. The minimum absolute atomic E-state index is 0.472. The Morgan fingerprint density at radius 3 is 2.19 bits per heavy atom. The third kappa shape index (κ3) is 4.44. The van der Waals surface area contributed by atoms with E-state index in [2.05, 4.69) is 74.6 Å². The van der Waals surface area contributed by atoms with Gasteiger partial charge in [-0.2, -0.15) is 0 Å².